The largest absolute Gasteiger partial charge is 0.126 e. The molecule has 0 aliphatic heterocycles. The molecular weight excluding hydrogens is 306 g/mol. The summed E-state index contributed by atoms with van der Waals surface area (Å²) in [4.78, 5) is 0. The van der Waals surface area contributed by atoms with E-state index in [2.05, 4.69) is 15.9 Å². The van der Waals surface area contributed by atoms with Gasteiger partial charge < -0.3 is 0 Å². The van der Waals surface area contributed by atoms with Crippen molar-refractivity contribution in [1.29, 1.82) is 0 Å². The zero-order valence-corrected chi connectivity index (χ0v) is 11.3. The number of alkyl halides is 1. The molecule has 0 saturated carbocycles. The smallest absolute Gasteiger partial charge is 0.0876 e. The SMILES string of the molecule is Cc1ccc(CBr)cc1C(Cl)=C(Cl)Cl. The van der Waals surface area contributed by atoms with Gasteiger partial charge in [-0.05, 0) is 29.7 Å². The summed E-state index contributed by atoms with van der Waals surface area (Å²) in [6.07, 6.45) is 0. The zero-order chi connectivity index (χ0) is 10.7. The van der Waals surface area contributed by atoms with E-state index in [-0.39, 0.29) is 4.49 Å². The molecule has 0 radical (unpaired) electrons. The van der Waals surface area contributed by atoms with Crippen molar-refractivity contribution in [3.05, 3.63) is 39.4 Å². The number of benzene rings is 1. The maximum Gasteiger partial charge on any atom is 0.126 e. The summed E-state index contributed by atoms with van der Waals surface area (Å²) in [6, 6.07) is 5.99. The minimum Gasteiger partial charge on any atom is -0.0876 e. The topological polar surface area (TPSA) is 0 Å². The van der Waals surface area contributed by atoms with Gasteiger partial charge in [-0.1, -0.05) is 62.9 Å². The molecule has 1 aromatic carbocycles. The van der Waals surface area contributed by atoms with Gasteiger partial charge in [0.15, 0.2) is 0 Å². The lowest BCUT2D eigenvalue weighted by molar-refractivity contribution is 1.36. The first-order chi connectivity index (χ1) is 6.56. The Balaban J connectivity index is 3.26. The molecule has 76 valence electrons. The Hall–Kier alpha value is 0.310. The minimum absolute atomic E-state index is 0.0986. The molecule has 0 heterocycles. The van der Waals surface area contributed by atoms with E-state index in [0.717, 1.165) is 22.0 Å². The molecular formula is C10H8BrCl3. The molecule has 0 atom stereocenters. The van der Waals surface area contributed by atoms with Gasteiger partial charge in [0.2, 0.25) is 0 Å². The van der Waals surface area contributed by atoms with Crippen LogP contribution in [0.1, 0.15) is 16.7 Å². The van der Waals surface area contributed by atoms with Crippen molar-refractivity contribution in [3.8, 4) is 0 Å². The van der Waals surface area contributed by atoms with Crippen molar-refractivity contribution in [2.24, 2.45) is 0 Å². The maximum atomic E-state index is 5.98. The molecule has 0 spiro atoms. The Morgan fingerprint density at radius 2 is 1.93 bits per heavy atom. The van der Waals surface area contributed by atoms with Gasteiger partial charge in [0.25, 0.3) is 0 Å². The molecule has 1 aromatic rings. The van der Waals surface area contributed by atoms with E-state index in [1.807, 2.05) is 25.1 Å². The van der Waals surface area contributed by atoms with Crippen LogP contribution in [0.2, 0.25) is 0 Å². The summed E-state index contributed by atoms with van der Waals surface area (Å²) in [5, 5.41) is 1.18. The van der Waals surface area contributed by atoms with Crippen molar-refractivity contribution in [3.63, 3.8) is 0 Å². The van der Waals surface area contributed by atoms with Gasteiger partial charge >= 0.3 is 0 Å². The molecule has 0 amide bonds. The Labute approximate surface area is 107 Å². The van der Waals surface area contributed by atoms with E-state index in [1.165, 1.54) is 0 Å². The van der Waals surface area contributed by atoms with E-state index < -0.39 is 0 Å². The first-order valence-electron chi connectivity index (χ1n) is 3.93. The third-order valence-electron chi connectivity index (χ3n) is 1.86. The van der Waals surface area contributed by atoms with Gasteiger partial charge in [-0.15, -0.1) is 0 Å². The average molecular weight is 314 g/mol. The molecule has 0 aliphatic carbocycles. The second-order valence-electron chi connectivity index (χ2n) is 2.86. The van der Waals surface area contributed by atoms with Gasteiger partial charge in [-0.25, -0.2) is 0 Å². The zero-order valence-electron chi connectivity index (χ0n) is 7.45. The summed E-state index contributed by atoms with van der Waals surface area (Å²) in [5.74, 6) is 0. The molecule has 0 aromatic heterocycles. The highest BCUT2D eigenvalue weighted by atomic mass is 79.9. The summed E-state index contributed by atoms with van der Waals surface area (Å²) in [7, 11) is 0. The van der Waals surface area contributed by atoms with Gasteiger partial charge in [-0.2, -0.15) is 0 Å². The van der Waals surface area contributed by atoms with Crippen LogP contribution in [0.5, 0.6) is 0 Å². The van der Waals surface area contributed by atoms with E-state index >= 15 is 0 Å². The van der Waals surface area contributed by atoms with Crippen LogP contribution in [-0.4, -0.2) is 0 Å². The summed E-state index contributed by atoms with van der Waals surface area (Å²) in [5.41, 5.74) is 3.07. The molecule has 0 aliphatic rings. The number of rotatable bonds is 2. The van der Waals surface area contributed by atoms with Crippen LogP contribution in [0.4, 0.5) is 0 Å². The third kappa shape index (κ3) is 2.90. The third-order valence-corrected chi connectivity index (χ3v) is 3.47. The van der Waals surface area contributed by atoms with Crippen molar-refractivity contribution in [2.75, 3.05) is 0 Å². The Kier molecular flexibility index (Phi) is 4.78. The molecule has 14 heavy (non-hydrogen) atoms. The lowest BCUT2D eigenvalue weighted by atomic mass is 10.1. The highest BCUT2D eigenvalue weighted by Gasteiger charge is 2.07. The van der Waals surface area contributed by atoms with Gasteiger partial charge in [0.1, 0.15) is 4.49 Å². The van der Waals surface area contributed by atoms with Crippen LogP contribution >= 0.6 is 50.7 Å². The predicted octanol–water partition coefficient (Wildman–Crippen LogP) is 5.23. The van der Waals surface area contributed by atoms with Crippen molar-refractivity contribution in [2.45, 2.75) is 12.3 Å². The molecule has 0 N–H and O–H groups in total. The van der Waals surface area contributed by atoms with Crippen molar-refractivity contribution >= 4 is 55.8 Å². The fraction of sp³-hybridized carbons (Fsp3) is 0.200. The first-order valence-corrected chi connectivity index (χ1v) is 6.18. The van der Waals surface area contributed by atoms with Crippen molar-refractivity contribution in [1.82, 2.24) is 0 Å². The second-order valence-corrected chi connectivity index (χ2v) is 4.75. The van der Waals surface area contributed by atoms with Crippen LogP contribution in [-0.2, 0) is 5.33 Å². The molecule has 0 fully saturated rings. The fourth-order valence-corrected chi connectivity index (χ4v) is 1.85. The normalized spacial score (nSPS) is 10.1. The highest BCUT2D eigenvalue weighted by Crippen LogP contribution is 2.30. The highest BCUT2D eigenvalue weighted by molar-refractivity contribution is 9.08. The molecule has 0 saturated heterocycles. The Morgan fingerprint density at radius 1 is 1.29 bits per heavy atom. The van der Waals surface area contributed by atoms with Crippen LogP contribution in [0.15, 0.2) is 22.7 Å². The Morgan fingerprint density at radius 3 is 2.43 bits per heavy atom. The van der Waals surface area contributed by atoms with E-state index in [0.29, 0.717) is 5.03 Å². The standard InChI is InChI=1S/C10H8BrCl3/c1-6-2-3-7(5-11)4-8(6)9(12)10(13)14/h2-4H,5H2,1H3. The lowest BCUT2D eigenvalue weighted by Gasteiger charge is -2.06. The van der Waals surface area contributed by atoms with Crippen LogP contribution < -0.4 is 0 Å². The summed E-state index contributed by atoms with van der Waals surface area (Å²) >= 11 is 20.6. The number of halogens is 4. The number of hydrogen-bond donors (Lipinski definition) is 0. The Bertz CT molecular complexity index is 368. The number of hydrogen-bond acceptors (Lipinski definition) is 0. The first kappa shape index (κ1) is 12.4. The van der Waals surface area contributed by atoms with Crippen molar-refractivity contribution < 1.29 is 0 Å². The quantitative estimate of drug-likeness (QED) is 0.656. The summed E-state index contributed by atoms with van der Waals surface area (Å²) in [6.45, 7) is 1.96. The van der Waals surface area contributed by atoms with Gasteiger partial charge in [0.05, 0.1) is 5.03 Å². The number of aryl methyl sites for hydroxylation is 1. The fourth-order valence-electron chi connectivity index (χ4n) is 1.09. The summed E-state index contributed by atoms with van der Waals surface area (Å²) < 4.78 is 0.0986. The molecule has 1 rings (SSSR count). The van der Waals surface area contributed by atoms with Gasteiger partial charge in [0, 0.05) is 5.33 Å². The molecule has 0 bridgehead atoms. The average Bonchev–Trinajstić information content (AvgIpc) is 2.17. The van der Waals surface area contributed by atoms with E-state index in [4.69, 9.17) is 34.8 Å². The van der Waals surface area contributed by atoms with Gasteiger partial charge in [-0.3, -0.25) is 0 Å². The monoisotopic (exact) mass is 312 g/mol. The maximum absolute atomic E-state index is 5.98. The predicted molar refractivity (Wildman–Crippen MR) is 68.3 cm³/mol. The van der Waals surface area contributed by atoms with E-state index in [1.54, 1.807) is 0 Å². The van der Waals surface area contributed by atoms with E-state index in [9.17, 15) is 0 Å². The lowest BCUT2D eigenvalue weighted by Crippen LogP contribution is -1.87. The second kappa shape index (κ2) is 5.41. The molecule has 0 nitrogen and oxygen atoms in total. The molecule has 0 unspecified atom stereocenters. The van der Waals surface area contributed by atoms with Crippen LogP contribution in [0.25, 0.3) is 5.03 Å². The van der Waals surface area contributed by atoms with Crippen LogP contribution in [0, 0.1) is 6.92 Å². The van der Waals surface area contributed by atoms with Crippen LogP contribution in [0.3, 0.4) is 0 Å². The minimum atomic E-state index is 0.0986. The molecule has 4 heteroatoms.